The van der Waals surface area contributed by atoms with Gasteiger partial charge in [0.15, 0.2) is 0 Å². The highest BCUT2D eigenvalue weighted by Gasteiger charge is 2.18. The van der Waals surface area contributed by atoms with Crippen LogP contribution in [0.3, 0.4) is 0 Å². The number of anilines is 1. The first-order valence-corrected chi connectivity index (χ1v) is 7.00. The minimum Gasteiger partial charge on any atom is -0.383 e. The molecule has 1 aromatic carbocycles. The fraction of sp³-hybridized carbons (Fsp3) is 0.533. The molecule has 0 atom stereocenters. The molecular weight excluding hydrogens is 260 g/mol. The number of hydrogen-bond donors (Lipinski definition) is 0. The van der Waals surface area contributed by atoms with Gasteiger partial charge in [0.05, 0.1) is 17.9 Å². The Kier molecular flexibility index (Phi) is 6.69. The maximum Gasteiger partial charge on any atom is 0.101 e. The average Bonchev–Trinajstić information content (AvgIpc) is 2.43. The zero-order valence-electron chi connectivity index (χ0n) is 11.8. The predicted octanol–water partition coefficient (Wildman–Crippen LogP) is 3.85. The van der Waals surface area contributed by atoms with Crippen molar-refractivity contribution < 1.29 is 4.74 Å². The van der Waals surface area contributed by atoms with E-state index in [-0.39, 0.29) is 0 Å². The van der Waals surface area contributed by atoms with E-state index in [1.807, 2.05) is 6.07 Å². The number of ether oxygens (including phenoxy) is 1. The molecule has 19 heavy (non-hydrogen) atoms. The zero-order chi connectivity index (χ0) is 14.3. The van der Waals surface area contributed by atoms with Crippen LogP contribution in [0, 0.1) is 11.3 Å². The van der Waals surface area contributed by atoms with Crippen molar-refractivity contribution in [3.63, 3.8) is 0 Å². The first kappa shape index (κ1) is 15.8. The topological polar surface area (TPSA) is 36.3 Å². The van der Waals surface area contributed by atoms with Gasteiger partial charge in [-0.2, -0.15) is 5.26 Å². The van der Waals surface area contributed by atoms with Gasteiger partial charge in [-0.15, -0.1) is 0 Å². The Bertz CT molecular complexity index is 438. The Labute approximate surface area is 120 Å². The first-order chi connectivity index (χ1) is 9.17. The number of nitriles is 1. The molecule has 0 N–H and O–H groups in total. The molecule has 0 saturated carbocycles. The van der Waals surface area contributed by atoms with Crippen molar-refractivity contribution in [1.82, 2.24) is 0 Å². The van der Waals surface area contributed by atoms with Crippen LogP contribution in [0.2, 0.25) is 5.02 Å². The molecule has 1 aromatic rings. The molecule has 0 aliphatic carbocycles. The van der Waals surface area contributed by atoms with Crippen molar-refractivity contribution in [3.8, 4) is 6.07 Å². The SMILES string of the molecule is CCC(CC)N(CCOC)c1cc(Cl)ccc1C#N. The summed E-state index contributed by atoms with van der Waals surface area (Å²) in [7, 11) is 1.69. The highest BCUT2D eigenvalue weighted by Crippen LogP contribution is 2.27. The van der Waals surface area contributed by atoms with E-state index in [9.17, 15) is 5.26 Å². The fourth-order valence-corrected chi connectivity index (χ4v) is 2.42. The van der Waals surface area contributed by atoms with E-state index in [0.29, 0.717) is 23.2 Å². The molecule has 0 radical (unpaired) electrons. The second-order valence-electron chi connectivity index (χ2n) is 4.43. The van der Waals surface area contributed by atoms with Crippen LogP contribution in [0.5, 0.6) is 0 Å². The van der Waals surface area contributed by atoms with Crippen LogP contribution in [-0.2, 0) is 4.74 Å². The largest absolute Gasteiger partial charge is 0.383 e. The molecule has 0 heterocycles. The van der Waals surface area contributed by atoms with Crippen LogP contribution in [0.1, 0.15) is 32.3 Å². The first-order valence-electron chi connectivity index (χ1n) is 6.63. The van der Waals surface area contributed by atoms with Crippen LogP contribution in [0.4, 0.5) is 5.69 Å². The van der Waals surface area contributed by atoms with Gasteiger partial charge in [0.2, 0.25) is 0 Å². The average molecular weight is 281 g/mol. The summed E-state index contributed by atoms with van der Waals surface area (Å²) in [5.74, 6) is 0. The number of nitrogens with zero attached hydrogens (tertiary/aromatic N) is 2. The lowest BCUT2D eigenvalue weighted by Crippen LogP contribution is -2.37. The number of rotatable bonds is 7. The van der Waals surface area contributed by atoms with E-state index in [0.717, 1.165) is 25.1 Å². The normalized spacial score (nSPS) is 10.5. The summed E-state index contributed by atoms with van der Waals surface area (Å²) in [6.45, 7) is 5.71. The summed E-state index contributed by atoms with van der Waals surface area (Å²) in [5, 5.41) is 9.91. The second kappa shape index (κ2) is 8.04. The van der Waals surface area contributed by atoms with Gasteiger partial charge in [-0.1, -0.05) is 25.4 Å². The molecule has 1 rings (SSSR count). The molecule has 3 nitrogen and oxygen atoms in total. The lowest BCUT2D eigenvalue weighted by molar-refractivity contribution is 0.202. The summed E-state index contributed by atoms with van der Waals surface area (Å²) in [4.78, 5) is 2.23. The molecule has 0 aliphatic rings. The third-order valence-electron chi connectivity index (χ3n) is 3.31. The van der Waals surface area contributed by atoms with Crippen molar-refractivity contribution in [1.29, 1.82) is 5.26 Å². The Morgan fingerprint density at radius 2 is 2.05 bits per heavy atom. The van der Waals surface area contributed by atoms with Gasteiger partial charge in [0, 0.05) is 24.7 Å². The van der Waals surface area contributed by atoms with E-state index < -0.39 is 0 Å². The molecule has 0 amide bonds. The highest BCUT2D eigenvalue weighted by molar-refractivity contribution is 6.30. The number of methoxy groups -OCH3 is 1. The number of hydrogen-bond acceptors (Lipinski definition) is 3. The Balaban J connectivity index is 3.15. The molecule has 0 unspecified atom stereocenters. The maximum atomic E-state index is 9.26. The molecule has 0 aromatic heterocycles. The molecule has 104 valence electrons. The van der Waals surface area contributed by atoms with Crippen molar-refractivity contribution in [2.24, 2.45) is 0 Å². The maximum absolute atomic E-state index is 9.26. The lowest BCUT2D eigenvalue weighted by atomic mass is 10.1. The minimum atomic E-state index is 0.390. The third kappa shape index (κ3) is 4.12. The molecule has 0 aliphatic heterocycles. The van der Waals surface area contributed by atoms with Crippen LogP contribution in [0.25, 0.3) is 0 Å². The van der Waals surface area contributed by atoms with Crippen molar-refractivity contribution >= 4 is 17.3 Å². The third-order valence-corrected chi connectivity index (χ3v) is 3.54. The lowest BCUT2D eigenvalue weighted by Gasteiger charge is -2.33. The molecular formula is C15H21ClN2O. The standard InChI is InChI=1S/C15H21ClN2O/c1-4-14(5-2)18(8-9-19-3)15-10-13(16)7-6-12(15)11-17/h6-7,10,14H,4-5,8-9H2,1-3H3. The fourth-order valence-electron chi connectivity index (χ4n) is 2.26. The number of benzene rings is 1. The van der Waals surface area contributed by atoms with E-state index in [1.54, 1.807) is 19.2 Å². The van der Waals surface area contributed by atoms with Gasteiger partial charge >= 0.3 is 0 Å². The summed E-state index contributed by atoms with van der Waals surface area (Å²) in [5.41, 5.74) is 1.56. The summed E-state index contributed by atoms with van der Waals surface area (Å²) in [6.07, 6.45) is 2.05. The summed E-state index contributed by atoms with van der Waals surface area (Å²) >= 11 is 6.08. The van der Waals surface area contributed by atoms with E-state index in [2.05, 4.69) is 24.8 Å². The Hall–Kier alpha value is -1.24. The molecule has 0 fully saturated rings. The van der Waals surface area contributed by atoms with E-state index in [1.165, 1.54) is 0 Å². The van der Waals surface area contributed by atoms with Gasteiger partial charge in [-0.25, -0.2) is 0 Å². The highest BCUT2D eigenvalue weighted by atomic mass is 35.5. The summed E-state index contributed by atoms with van der Waals surface area (Å²) < 4.78 is 5.18. The van der Waals surface area contributed by atoms with Gasteiger partial charge < -0.3 is 9.64 Å². The monoisotopic (exact) mass is 280 g/mol. The molecule has 4 heteroatoms. The smallest absolute Gasteiger partial charge is 0.101 e. The quantitative estimate of drug-likeness (QED) is 0.761. The van der Waals surface area contributed by atoms with Gasteiger partial charge in [-0.05, 0) is 31.0 Å². The zero-order valence-corrected chi connectivity index (χ0v) is 12.6. The molecule has 0 spiro atoms. The Morgan fingerprint density at radius 1 is 1.37 bits per heavy atom. The molecule has 0 bridgehead atoms. The van der Waals surface area contributed by atoms with Crippen LogP contribution in [-0.4, -0.2) is 26.3 Å². The Morgan fingerprint density at radius 3 is 2.58 bits per heavy atom. The number of halogens is 1. The minimum absolute atomic E-state index is 0.390. The van der Waals surface area contributed by atoms with Crippen molar-refractivity contribution in [2.45, 2.75) is 32.7 Å². The predicted molar refractivity (Wildman–Crippen MR) is 79.8 cm³/mol. The van der Waals surface area contributed by atoms with Crippen LogP contribution in [0.15, 0.2) is 18.2 Å². The van der Waals surface area contributed by atoms with Crippen molar-refractivity contribution in [3.05, 3.63) is 28.8 Å². The van der Waals surface area contributed by atoms with Crippen LogP contribution < -0.4 is 4.90 Å². The van der Waals surface area contributed by atoms with E-state index in [4.69, 9.17) is 16.3 Å². The van der Waals surface area contributed by atoms with Crippen LogP contribution >= 0.6 is 11.6 Å². The van der Waals surface area contributed by atoms with Gasteiger partial charge in [0.25, 0.3) is 0 Å². The summed E-state index contributed by atoms with van der Waals surface area (Å²) in [6, 6.07) is 8.03. The van der Waals surface area contributed by atoms with Gasteiger partial charge in [-0.3, -0.25) is 0 Å². The molecule has 0 saturated heterocycles. The van der Waals surface area contributed by atoms with Crippen molar-refractivity contribution in [2.75, 3.05) is 25.2 Å². The second-order valence-corrected chi connectivity index (χ2v) is 4.87. The van der Waals surface area contributed by atoms with E-state index >= 15 is 0 Å². The van der Waals surface area contributed by atoms with Gasteiger partial charge in [0.1, 0.15) is 6.07 Å².